The Hall–Kier alpha value is -2.42. The largest absolute Gasteiger partial charge is 0.377 e. The minimum absolute atomic E-state index is 0.0235. The quantitative estimate of drug-likeness (QED) is 0.793. The Morgan fingerprint density at radius 2 is 2.08 bits per heavy atom. The van der Waals surface area contributed by atoms with E-state index >= 15 is 0 Å². The fraction of sp³-hybridized carbons (Fsp3) is 0.444. The van der Waals surface area contributed by atoms with Gasteiger partial charge in [0.05, 0.1) is 43.5 Å². The molecule has 0 radical (unpaired) electrons. The van der Waals surface area contributed by atoms with Gasteiger partial charge in [-0.25, -0.2) is 9.97 Å². The highest BCUT2D eigenvalue weighted by Crippen LogP contribution is 2.27. The molecule has 1 atom stereocenters. The highest BCUT2D eigenvalue weighted by Gasteiger charge is 2.43. The third kappa shape index (κ3) is 3.72. The molecule has 136 valence electrons. The van der Waals surface area contributed by atoms with Gasteiger partial charge in [0.25, 0.3) is 5.91 Å². The number of ether oxygens (including phenoxy) is 2. The van der Waals surface area contributed by atoms with Crippen LogP contribution in [0.25, 0.3) is 0 Å². The lowest BCUT2D eigenvalue weighted by Crippen LogP contribution is -2.60. The van der Waals surface area contributed by atoms with Gasteiger partial charge < -0.3 is 14.4 Å². The number of nitrogens with zero attached hydrogens (tertiary/aromatic N) is 5. The van der Waals surface area contributed by atoms with E-state index in [0.29, 0.717) is 32.0 Å². The normalized spacial score (nSPS) is 24.6. The lowest BCUT2D eigenvalue weighted by atomic mass is 10.0. The van der Waals surface area contributed by atoms with Crippen LogP contribution < -0.4 is 4.90 Å². The third-order valence-electron chi connectivity index (χ3n) is 4.65. The summed E-state index contributed by atoms with van der Waals surface area (Å²) in [5.41, 5.74) is 1.11. The van der Waals surface area contributed by atoms with Gasteiger partial charge in [-0.2, -0.15) is 0 Å². The zero-order valence-electron chi connectivity index (χ0n) is 14.5. The fourth-order valence-electron chi connectivity index (χ4n) is 3.40. The highest BCUT2D eigenvalue weighted by molar-refractivity contribution is 5.94. The lowest BCUT2D eigenvalue weighted by molar-refractivity contribution is -0.146. The summed E-state index contributed by atoms with van der Waals surface area (Å²) in [5.74, 6) is -0.0917. The molecule has 0 unspecified atom stereocenters. The van der Waals surface area contributed by atoms with Crippen molar-refractivity contribution < 1.29 is 14.3 Å². The molecule has 0 bridgehead atoms. The molecule has 2 aliphatic heterocycles. The van der Waals surface area contributed by atoms with E-state index in [1.54, 1.807) is 23.5 Å². The number of morpholine rings is 1. The molecule has 0 aliphatic carbocycles. The van der Waals surface area contributed by atoms with E-state index < -0.39 is 5.60 Å². The molecule has 0 saturated carbocycles. The molecule has 4 heterocycles. The van der Waals surface area contributed by atoms with Gasteiger partial charge in [0.2, 0.25) is 0 Å². The first kappa shape index (κ1) is 17.0. The Kier molecular flexibility index (Phi) is 4.87. The maximum atomic E-state index is 12.4. The fourth-order valence-corrected chi connectivity index (χ4v) is 3.40. The zero-order chi connectivity index (χ0) is 17.8. The summed E-state index contributed by atoms with van der Waals surface area (Å²) in [6.07, 6.45) is 6.54. The van der Waals surface area contributed by atoms with Gasteiger partial charge in [-0.15, -0.1) is 0 Å². The molecule has 0 aromatic carbocycles. The third-order valence-corrected chi connectivity index (χ3v) is 4.65. The van der Waals surface area contributed by atoms with Crippen LogP contribution in [0.4, 0.5) is 5.69 Å². The van der Waals surface area contributed by atoms with E-state index in [1.807, 2.05) is 18.2 Å². The van der Waals surface area contributed by atoms with Gasteiger partial charge in [0.15, 0.2) is 0 Å². The molecule has 1 spiro atoms. The molecule has 26 heavy (non-hydrogen) atoms. The van der Waals surface area contributed by atoms with Crippen molar-refractivity contribution in [2.45, 2.75) is 12.1 Å². The van der Waals surface area contributed by atoms with E-state index in [2.05, 4.69) is 19.9 Å². The van der Waals surface area contributed by atoms with E-state index in [4.69, 9.17) is 9.47 Å². The maximum Gasteiger partial charge on any atom is 0.253 e. The van der Waals surface area contributed by atoms with Crippen LogP contribution in [0.2, 0.25) is 0 Å². The SMILES string of the molecule is O=C1CO[C@@]2(COCCN(Cc3ccccn3)C2)CN1c1cncnc1. The van der Waals surface area contributed by atoms with Crippen LogP contribution in [-0.4, -0.2) is 70.8 Å². The average Bonchev–Trinajstić information content (AvgIpc) is 2.88. The number of carbonyl (C=O) groups is 1. The van der Waals surface area contributed by atoms with Crippen LogP contribution in [0.5, 0.6) is 0 Å². The number of anilines is 1. The van der Waals surface area contributed by atoms with Gasteiger partial charge in [-0.1, -0.05) is 6.07 Å². The summed E-state index contributed by atoms with van der Waals surface area (Å²) >= 11 is 0. The van der Waals surface area contributed by atoms with Gasteiger partial charge in [0, 0.05) is 25.8 Å². The molecule has 1 amide bonds. The zero-order valence-corrected chi connectivity index (χ0v) is 14.5. The first-order valence-electron chi connectivity index (χ1n) is 8.63. The number of amides is 1. The summed E-state index contributed by atoms with van der Waals surface area (Å²) < 4.78 is 11.8. The van der Waals surface area contributed by atoms with Gasteiger partial charge in [-0.3, -0.25) is 14.7 Å². The Bertz CT molecular complexity index is 745. The molecular weight excluding hydrogens is 334 g/mol. The van der Waals surface area contributed by atoms with Gasteiger partial charge >= 0.3 is 0 Å². The van der Waals surface area contributed by atoms with Crippen LogP contribution in [0.1, 0.15) is 5.69 Å². The molecule has 4 rings (SSSR count). The van der Waals surface area contributed by atoms with Crippen molar-refractivity contribution >= 4 is 11.6 Å². The summed E-state index contributed by atoms with van der Waals surface area (Å²) in [6.45, 7) is 3.69. The van der Waals surface area contributed by atoms with Crippen molar-refractivity contribution in [1.82, 2.24) is 19.9 Å². The Morgan fingerprint density at radius 3 is 2.88 bits per heavy atom. The average molecular weight is 355 g/mol. The Morgan fingerprint density at radius 1 is 1.19 bits per heavy atom. The molecule has 8 heteroatoms. The van der Waals surface area contributed by atoms with E-state index in [-0.39, 0.29) is 12.5 Å². The minimum Gasteiger partial charge on any atom is -0.377 e. The molecule has 2 fully saturated rings. The van der Waals surface area contributed by atoms with Crippen molar-refractivity contribution in [3.05, 3.63) is 48.8 Å². The molecule has 8 nitrogen and oxygen atoms in total. The molecule has 2 saturated heterocycles. The van der Waals surface area contributed by atoms with Crippen molar-refractivity contribution in [2.24, 2.45) is 0 Å². The van der Waals surface area contributed by atoms with Gasteiger partial charge in [0.1, 0.15) is 18.5 Å². The smallest absolute Gasteiger partial charge is 0.253 e. The molecule has 0 N–H and O–H groups in total. The predicted octanol–water partition coefficient (Wildman–Crippen LogP) is 0.506. The first-order valence-corrected chi connectivity index (χ1v) is 8.63. The van der Waals surface area contributed by atoms with Crippen LogP contribution in [0.3, 0.4) is 0 Å². The summed E-state index contributed by atoms with van der Waals surface area (Å²) in [6, 6.07) is 5.91. The number of aromatic nitrogens is 3. The second kappa shape index (κ2) is 7.45. The van der Waals surface area contributed by atoms with E-state index in [9.17, 15) is 4.79 Å². The van der Waals surface area contributed by atoms with Crippen LogP contribution in [0, 0.1) is 0 Å². The van der Waals surface area contributed by atoms with Crippen molar-refractivity contribution in [3.63, 3.8) is 0 Å². The molecule has 2 aromatic rings. The number of carbonyl (C=O) groups excluding carboxylic acids is 1. The van der Waals surface area contributed by atoms with Crippen LogP contribution in [-0.2, 0) is 20.8 Å². The summed E-state index contributed by atoms with van der Waals surface area (Å²) in [5, 5.41) is 0. The Balaban J connectivity index is 1.53. The topological polar surface area (TPSA) is 80.7 Å². The van der Waals surface area contributed by atoms with Crippen LogP contribution in [0.15, 0.2) is 43.1 Å². The number of hydrogen-bond acceptors (Lipinski definition) is 7. The lowest BCUT2D eigenvalue weighted by Gasteiger charge is -2.42. The second-order valence-electron chi connectivity index (χ2n) is 6.63. The number of hydrogen-bond donors (Lipinski definition) is 0. The standard InChI is InChI=1S/C18H21N5O3/c24-17-10-26-18(12-23(17)16-7-19-14-20-8-16)11-22(5-6-25-13-18)9-15-3-1-2-4-21-15/h1-4,7-8,14H,5-6,9-13H2/t18-/m1/s1. The molecule has 2 aromatic heterocycles. The summed E-state index contributed by atoms with van der Waals surface area (Å²) in [4.78, 5) is 28.8. The minimum atomic E-state index is -0.574. The monoisotopic (exact) mass is 355 g/mol. The Labute approximate surface area is 151 Å². The first-order chi connectivity index (χ1) is 12.7. The molecular formula is C18H21N5O3. The van der Waals surface area contributed by atoms with Crippen molar-refractivity contribution in [2.75, 3.05) is 44.4 Å². The maximum absolute atomic E-state index is 12.4. The van der Waals surface area contributed by atoms with Crippen molar-refractivity contribution in [1.29, 1.82) is 0 Å². The number of pyridine rings is 1. The highest BCUT2D eigenvalue weighted by atomic mass is 16.6. The van der Waals surface area contributed by atoms with Gasteiger partial charge in [-0.05, 0) is 12.1 Å². The van der Waals surface area contributed by atoms with Crippen molar-refractivity contribution in [3.8, 4) is 0 Å². The molecule has 2 aliphatic rings. The second-order valence-corrected chi connectivity index (χ2v) is 6.63. The van der Waals surface area contributed by atoms with E-state index in [0.717, 1.165) is 18.8 Å². The number of rotatable bonds is 3. The summed E-state index contributed by atoms with van der Waals surface area (Å²) in [7, 11) is 0. The van der Waals surface area contributed by atoms with Crippen LogP contribution >= 0.6 is 0 Å². The predicted molar refractivity (Wildman–Crippen MR) is 93.4 cm³/mol. The van der Waals surface area contributed by atoms with E-state index in [1.165, 1.54) is 6.33 Å².